The number of hydrogen-bond donors (Lipinski definition) is 1. The standard InChI is InChI=1S/C11H21N3O/c1-9(2)7-15-5-4-14-8-13-6-11(14)10(3)12/h6,8-10H,4-5,7,12H2,1-3H3. The van der Waals surface area contributed by atoms with Crippen LogP contribution in [0.3, 0.4) is 0 Å². The number of aromatic nitrogens is 2. The first-order valence-electron chi connectivity index (χ1n) is 5.44. The van der Waals surface area contributed by atoms with Gasteiger partial charge in [0, 0.05) is 25.4 Å². The van der Waals surface area contributed by atoms with Gasteiger partial charge < -0.3 is 15.0 Å². The van der Waals surface area contributed by atoms with Crippen molar-refractivity contribution in [3.63, 3.8) is 0 Å². The molecule has 86 valence electrons. The fourth-order valence-electron chi connectivity index (χ4n) is 1.38. The molecule has 1 aromatic heterocycles. The van der Waals surface area contributed by atoms with E-state index in [0.29, 0.717) is 12.5 Å². The van der Waals surface area contributed by atoms with Crippen molar-refractivity contribution in [1.29, 1.82) is 0 Å². The topological polar surface area (TPSA) is 53.1 Å². The van der Waals surface area contributed by atoms with Crippen LogP contribution in [-0.4, -0.2) is 22.8 Å². The van der Waals surface area contributed by atoms with Crippen molar-refractivity contribution >= 4 is 0 Å². The van der Waals surface area contributed by atoms with Crippen molar-refractivity contribution in [1.82, 2.24) is 9.55 Å². The van der Waals surface area contributed by atoms with Crippen molar-refractivity contribution in [3.8, 4) is 0 Å². The van der Waals surface area contributed by atoms with Crippen LogP contribution in [0.1, 0.15) is 32.5 Å². The molecule has 0 bridgehead atoms. The van der Waals surface area contributed by atoms with Crippen LogP contribution < -0.4 is 5.73 Å². The van der Waals surface area contributed by atoms with Crippen molar-refractivity contribution in [3.05, 3.63) is 18.2 Å². The molecule has 0 aliphatic rings. The molecular weight excluding hydrogens is 190 g/mol. The first kappa shape index (κ1) is 12.2. The predicted octanol–water partition coefficient (Wildman–Crippen LogP) is 1.58. The first-order chi connectivity index (χ1) is 7.11. The lowest BCUT2D eigenvalue weighted by molar-refractivity contribution is 0.102. The predicted molar refractivity (Wildman–Crippen MR) is 60.5 cm³/mol. The number of nitrogens with zero attached hydrogens (tertiary/aromatic N) is 2. The number of ether oxygens (including phenoxy) is 1. The third-order valence-corrected chi connectivity index (χ3v) is 2.14. The Morgan fingerprint density at radius 3 is 2.80 bits per heavy atom. The summed E-state index contributed by atoms with van der Waals surface area (Å²) in [6.07, 6.45) is 3.62. The Labute approximate surface area is 91.4 Å². The third-order valence-electron chi connectivity index (χ3n) is 2.14. The highest BCUT2D eigenvalue weighted by Crippen LogP contribution is 2.08. The van der Waals surface area contributed by atoms with Gasteiger partial charge in [0.1, 0.15) is 0 Å². The van der Waals surface area contributed by atoms with Gasteiger partial charge in [-0.25, -0.2) is 4.98 Å². The summed E-state index contributed by atoms with van der Waals surface area (Å²) in [4.78, 5) is 4.08. The fraction of sp³-hybridized carbons (Fsp3) is 0.727. The highest BCUT2D eigenvalue weighted by Gasteiger charge is 2.05. The van der Waals surface area contributed by atoms with Crippen LogP contribution in [0.4, 0.5) is 0 Å². The van der Waals surface area contributed by atoms with Crippen LogP contribution in [0.25, 0.3) is 0 Å². The summed E-state index contributed by atoms with van der Waals surface area (Å²) in [5.74, 6) is 0.584. The van der Waals surface area contributed by atoms with Crippen LogP contribution >= 0.6 is 0 Å². The van der Waals surface area contributed by atoms with Crippen LogP contribution in [0.2, 0.25) is 0 Å². The van der Waals surface area contributed by atoms with Gasteiger partial charge in [-0.3, -0.25) is 0 Å². The summed E-state index contributed by atoms with van der Waals surface area (Å²) in [5, 5.41) is 0. The van der Waals surface area contributed by atoms with Gasteiger partial charge in [0.05, 0.1) is 18.6 Å². The van der Waals surface area contributed by atoms with E-state index in [-0.39, 0.29) is 6.04 Å². The smallest absolute Gasteiger partial charge is 0.0949 e. The average molecular weight is 211 g/mol. The highest BCUT2D eigenvalue weighted by molar-refractivity contribution is 5.02. The molecule has 15 heavy (non-hydrogen) atoms. The van der Waals surface area contributed by atoms with E-state index in [1.54, 1.807) is 6.33 Å². The highest BCUT2D eigenvalue weighted by atomic mass is 16.5. The molecule has 2 N–H and O–H groups in total. The molecule has 0 saturated heterocycles. The molecule has 1 heterocycles. The molecule has 0 fully saturated rings. The van der Waals surface area contributed by atoms with E-state index in [4.69, 9.17) is 10.5 Å². The van der Waals surface area contributed by atoms with Crippen LogP contribution in [0.5, 0.6) is 0 Å². The zero-order valence-corrected chi connectivity index (χ0v) is 9.81. The molecule has 1 aromatic rings. The molecule has 0 radical (unpaired) electrons. The van der Waals surface area contributed by atoms with Gasteiger partial charge in [-0.05, 0) is 12.8 Å². The van der Waals surface area contributed by atoms with Crippen molar-refractivity contribution in [2.24, 2.45) is 11.7 Å². The molecule has 1 atom stereocenters. The van der Waals surface area contributed by atoms with Crippen molar-refractivity contribution in [2.45, 2.75) is 33.4 Å². The van der Waals surface area contributed by atoms with Crippen LogP contribution in [0.15, 0.2) is 12.5 Å². The minimum atomic E-state index is 0.0256. The number of hydrogen-bond acceptors (Lipinski definition) is 3. The Kier molecular flexibility index (Phi) is 4.78. The van der Waals surface area contributed by atoms with E-state index in [1.807, 2.05) is 17.7 Å². The molecule has 0 amide bonds. The molecule has 0 aromatic carbocycles. The second-order valence-corrected chi connectivity index (χ2v) is 4.27. The molecule has 1 unspecified atom stereocenters. The zero-order valence-electron chi connectivity index (χ0n) is 9.81. The Morgan fingerprint density at radius 1 is 1.47 bits per heavy atom. The quantitative estimate of drug-likeness (QED) is 0.727. The summed E-state index contributed by atoms with van der Waals surface area (Å²) in [6, 6.07) is 0.0256. The maximum absolute atomic E-state index is 5.81. The summed E-state index contributed by atoms with van der Waals surface area (Å²) >= 11 is 0. The fourth-order valence-corrected chi connectivity index (χ4v) is 1.38. The van der Waals surface area contributed by atoms with Gasteiger partial charge in [-0.2, -0.15) is 0 Å². The normalized spacial score (nSPS) is 13.4. The Hall–Kier alpha value is -0.870. The van der Waals surface area contributed by atoms with E-state index in [2.05, 4.69) is 18.8 Å². The zero-order chi connectivity index (χ0) is 11.3. The van der Waals surface area contributed by atoms with Crippen LogP contribution in [-0.2, 0) is 11.3 Å². The Balaban J connectivity index is 2.34. The maximum Gasteiger partial charge on any atom is 0.0949 e. The molecular formula is C11H21N3O. The van der Waals surface area contributed by atoms with E-state index in [1.165, 1.54) is 0 Å². The number of rotatable bonds is 6. The summed E-state index contributed by atoms with van der Waals surface area (Å²) in [5.41, 5.74) is 6.87. The van der Waals surface area contributed by atoms with Gasteiger partial charge >= 0.3 is 0 Å². The summed E-state index contributed by atoms with van der Waals surface area (Å²) < 4.78 is 7.56. The molecule has 4 nitrogen and oxygen atoms in total. The van der Waals surface area contributed by atoms with E-state index in [9.17, 15) is 0 Å². The third kappa shape index (κ3) is 4.01. The molecule has 4 heteroatoms. The van der Waals surface area contributed by atoms with Crippen molar-refractivity contribution in [2.75, 3.05) is 13.2 Å². The largest absolute Gasteiger partial charge is 0.379 e. The SMILES string of the molecule is CC(C)COCCn1cncc1C(C)N. The molecule has 0 aliphatic carbocycles. The van der Waals surface area contributed by atoms with Gasteiger partial charge in [-0.15, -0.1) is 0 Å². The lowest BCUT2D eigenvalue weighted by Gasteiger charge is -2.11. The Morgan fingerprint density at radius 2 is 2.20 bits per heavy atom. The first-order valence-corrected chi connectivity index (χ1v) is 5.44. The summed E-state index contributed by atoms with van der Waals surface area (Å²) in [7, 11) is 0. The second kappa shape index (κ2) is 5.88. The monoisotopic (exact) mass is 211 g/mol. The number of nitrogens with two attached hydrogens (primary N) is 1. The van der Waals surface area contributed by atoms with Gasteiger partial charge in [-0.1, -0.05) is 13.8 Å². The Bertz CT molecular complexity index is 281. The minimum Gasteiger partial charge on any atom is -0.379 e. The summed E-state index contributed by atoms with van der Waals surface area (Å²) in [6.45, 7) is 8.59. The number of imidazole rings is 1. The molecule has 0 aliphatic heterocycles. The van der Waals surface area contributed by atoms with Crippen molar-refractivity contribution < 1.29 is 4.74 Å². The van der Waals surface area contributed by atoms with E-state index in [0.717, 1.165) is 18.8 Å². The molecule has 0 spiro atoms. The maximum atomic E-state index is 5.81. The van der Waals surface area contributed by atoms with Crippen LogP contribution in [0, 0.1) is 5.92 Å². The van der Waals surface area contributed by atoms with Gasteiger partial charge in [0.2, 0.25) is 0 Å². The van der Waals surface area contributed by atoms with E-state index >= 15 is 0 Å². The molecule has 0 saturated carbocycles. The van der Waals surface area contributed by atoms with E-state index < -0.39 is 0 Å². The lowest BCUT2D eigenvalue weighted by Crippen LogP contribution is -2.15. The minimum absolute atomic E-state index is 0.0256. The van der Waals surface area contributed by atoms with Gasteiger partial charge in [0.25, 0.3) is 0 Å². The second-order valence-electron chi connectivity index (χ2n) is 4.27. The average Bonchev–Trinajstić information content (AvgIpc) is 2.60. The lowest BCUT2D eigenvalue weighted by atomic mass is 10.2. The van der Waals surface area contributed by atoms with Gasteiger partial charge in [0.15, 0.2) is 0 Å². The molecule has 1 rings (SSSR count).